The molecule has 1 heterocycles. The summed E-state index contributed by atoms with van der Waals surface area (Å²) >= 11 is 0. The van der Waals surface area contributed by atoms with Crippen LogP contribution in [0.25, 0.3) is 10.9 Å². The van der Waals surface area contributed by atoms with Crippen LogP contribution in [0.1, 0.15) is 11.3 Å². The summed E-state index contributed by atoms with van der Waals surface area (Å²) in [4.78, 5) is 28.1. The van der Waals surface area contributed by atoms with E-state index in [2.05, 4.69) is 9.97 Å². The van der Waals surface area contributed by atoms with Crippen molar-refractivity contribution in [1.82, 2.24) is 9.97 Å². The third-order valence-electron chi connectivity index (χ3n) is 2.28. The molecule has 0 aliphatic rings. The lowest BCUT2D eigenvalue weighted by Gasteiger charge is -2.03. The van der Waals surface area contributed by atoms with Gasteiger partial charge in [0.1, 0.15) is 0 Å². The summed E-state index contributed by atoms with van der Waals surface area (Å²) in [5.41, 5.74) is 1.39. The number of aliphatic carboxylic acids is 1. The van der Waals surface area contributed by atoms with Gasteiger partial charge in [-0.15, -0.1) is 0 Å². The molecule has 0 fully saturated rings. The zero-order valence-corrected chi connectivity index (χ0v) is 8.65. The van der Waals surface area contributed by atoms with Gasteiger partial charge in [0.15, 0.2) is 0 Å². The Kier molecular flexibility index (Phi) is 2.44. The number of aromatic amines is 1. The molecular weight excluding hydrogens is 208 g/mol. The molecule has 2 N–H and O–H groups in total. The minimum absolute atomic E-state index is 0.211. The largest absolute Gasteiger partial charge is 0.481 e. The highest BCUT2D eigenvalue weighted by molar-refractivity contribution is 5.84. The van der Waals surface area contributed by atoms with E-state index < -0.39 is 11.7 Å². The topological polar surface area (TPSA) is 83.0 Å². The molecule has 82 valence electrons. The van der Waals surface area contributed by atoms with Crippen LogP contribution in [0.5, 0.6) is 0 Å². The number of carboxylic acid groups (broad SMARTS) is 1. The maximum absolute atomic E-state index is 11.2. The van der Waals surface area contributed by atoms with E-state index in [0.717, 1.165) is 5.56 Å². The van der Waals surface area contributed by atoms with Gasteiger partial charge in [0.05, 0.1) is 11.9 Å². The summed E-state index contributed by atoms with van der Waals surface area (Å²) in [6.45, 7) is 1.90. The number of carboxylic acids is 1. The molecule has 0 amide bonds. The number of benzene rings is 1. The van der Waals surface area contributed by atoms with E-state index in [1.54, 1.807) is 6.07 Å². The number of carbonyl (C=O) groups is 1. The highest BCUT2D eigenvalue weighted by Gasteiger charge is 2.08. The number of nitrogens with one attached hydrogen (secondary N) is 1. The van der Waals surface area contributed by atoms with Gasteiger partial charge in [-0.25, -0.2) is 4.79 Å². The first-order valence-electron chi connectivity index (χ1n) is 4.77. The molecule has 2 aromatic rings. The van der Waals surface area contributed by atoms with Gasteiger partial charge in [-0.1, -0.05) is 11.6 Å². The highest BCUT2D eigenvalue weighted by atomic mass is 16.4. The number of aryl methyl sites for hydroxylation is 1. The first-order chi connectivity index (χ1) is 7.56. The molecule has 5 nitrogen and oxygen atoms in total. The van der Waals surface area contributed by atoms with E-state index >= 15 is 0 Å². The van der Waals surface area contributed by atoms with Gasteiger partial charge in [-0.2, -0.15) is 4.98 Å². The molecule has 0 atom stereocenters. The van der Waals surface area contributed by atoms with E-state index in [-0.39, 0.29) is 6.42 Å². The molecule has 16 heavy (non-hydrogen) atoms. The van der Waals surface area contributed by atoms with Crippen molar-refractivity contribution in [2.75, 3.05) is 0 Å². The SMILES string of the molecule is Cc1ccc2nc(=O)[nH]c(CC(=O)O)c2c1. The summed E-state index contributed by atoms with van der Waals surface area (Å²) in [7, 11) is 0. The molecule has 0 aliphatic carbocycles. The van der Waals surface area contributed by atoms with Crippen LogP contribution in [0, 0.1) is 6.92 Å². The second kappa shape index (κ2) is 3.77. The summed E-state index contributed by atoms with van der Waals surface area (Å²) in [5, 5.41) is 9.43. The van der Waals surface area contributed by atoms with E-state index in [1.165, 1.54) is 0 Å². The molecule has 0 unspecified atom stereocenters. The van der Waals surface area contributed by atoms with Gasteiger partial charge in [0, 0.05) is 11.1 Å². The van der Waals surface area contributed by atoms with Crippen molar-refractivity contribution in [2.24, 2.45) is 0 Å². The minimum Gasteiger partial charge on any atom is -0.481 e. The average Bonchev–Trinajstić information content (AvgIpc) is 2.18. The van der Waals surface area contributed by atoms with E-state index in [0.29, 0.717) is 16.6 Å². The van der Waals surface area contributed by atoms with E-state index in [1.807, 2.05) is 19.1 Å². The molecule has 0 spiro atoms. The van der Waals surface area contributed by atoms with Gasteiger partial charge < -0.3 is 10.1 Å². The summed E-state index contributed by atoms with van der Waals surface area (Å²) < 4.78 is 0. The lowest BCUT2D eigenvalue weighted by Crippen LogP contribution is -2.15. The monoisotopic (exact) mass is 218 g/mol. The van der Waals surface area contributed by atoms with Gasteiger partial charge in [-0.3, -0.25) is 4.79 Å². The predicted molar refractivity (Wildman–Crippen MR) is 58.4 cm³/mol. The Hall–Kier alpha value is -2.17. The number of H-pyrrole nitrogens is 1. The molecular formula is C11H10N2O3. The normalized spacial score (nSPS) is 10.6. The van der Waals surface area contributed by atoms with Crippen LogP contribution in [0.2, 0.25) is 0 Å². The van der Waals surface area contributed by atoms with Gasteiger partial charge in [-0.05, 0) is 19.1 Å². The molecule has 2 rings (SSSR count). The zero-order valence-electron chi connectivity index (χ0n) is 8.65. The predicted octanol–water partition coefficient (Wildman–Crippen LogP) is 0.859. The number of hydrogen-bond acceptors (Lipinski definition) is 3. The maximum atomic E-state index is 11.2. The van der Waals surface area contributed by atoms with Crippen LogP contribution < -0.4 is 5.69 Å². The van der Waals surface area contributed by atoms with Crippen LogP contribution in [0.3, 0.4) is 0 Å². The van der Waals surface area contributed by atoms with Gasteiger partial charge >= 0.3 is 11.7 Å². The number of rotatable bonds is 2. The third-order valence-corrected chi connectivity index (χ3v) is 2.28. The second-order valence-corrected chi connectivity index (χ2v) is 3.61. The Morgan fingerprint density at radius 3 is 2.94 bits per heavy atom. The number of aromatic nitrogens is 2. The fraction of sp³-hybridized carbons (Fsp3) is 0.182. The van der Waals surface area contributed by atoms with E-state index in [4.69, 9.17) is 5.11 Å². The average molecular weight is 218 g/mol. The van der Waals surface area contributed by atoms with Crippen LogP contribution in [0.4, 0.5) is 0 Å². The molecule has 0 bridgehead atoms. The van der Waals surface area contributed by atoms with Gasteiger partial charge in [0.25, 0.3) is 0 Å². The molecule has 0 saturated carbocycles. The molecule has 1 aromatic heterocycles. The number of nitrogens with zero attached hydrogens (tertiary/aromatic N) is 1. The molecule has 5 heteroatoms. The fourth-order valence-electron chi connectivity index (χ4n) is 1.61. The molecule has 0 radical (unpaired) electrons. The van der Waals surface area contributed by atoms with Crippen molar-refractivity contribution < 1.29 is 9.90 Å². The van der Waals surface area contributed by atoms with Gasteiger partial charge in [0.2, 0.25) is 0 Å². The van der Waals surface area contributed by atoms with Crippen molar-refractivity contribution in [3.05, 3.63) is 39.9 Å². The molecule has 1 aromatic carbocycles. The Bertz CT molecular complexity index is 616. The summed E-state index contributed by atoms with van der Waals surface area (Å²) in [6, 6.07) is 5.36. The minimum atomic E-state index is -0.982. The molecule has 0 aliphatic heterocycles. The Morgan fingerprint density at radius 2 is 2.25 bits per heavy atom. The highest BCUT2D eigenvalue weighted by Crippen LogP contribution is 2.15. The Labute approximate surface area is 90.8 Å². The zero-order chi connectivity index (χ0) is 11.7. The first-order valence-corrected chi connectivity index (χ1v) is 4.77. The Morgan fingerprint density at radius 1 is 1.50 bits per heavy atom. The molecule has 0 saturated heterocycles. The van der Waals surface area contributed by atoms with Crippen molar-refractivity contribution in [3.63, 3.8) is 0 Å². The lowest BCUT2D eigenvalue weighted by molar-refractivity contribution is -0.136. The first kappa shape index (κ1) is 10.4. The van der Waals surface area contributed by atoms with Crippen molar-refractivity contribution in [2.45, 2.75) is 13.3 Å². The smallest absolute Gasteiger partial charge is 0.345 e. The summed E-state index contributed by atoms with van der Waals surface area (Å²) in [5.74, 6) is -0.982. The van der Waals surface area contributed by atoms with Crippen LogP contribution in [-0.4, -0.2) is 21.0 Å². The van der Waals surface area contributed by atoms with Crippen molar-refractivity contribution in [3.8, 4) is 0 Å². The van der Waals surface area contributed by atoms with Crippen LogP contribution in [0.15, 0.2) is 23.0 Å². The number of hydrogen-bond donors (Lipinski definition) is 2. The van der Waals surface area contributed by atoms with E-state index in [9.17, 15) is 9.59 Å². The fourth-order valence-corrected chi connectivity index (χ4v) is 1.61. The lowest BCUT2D eigenvalue weighted by atomic mass is 10.1. The van der Waals surface area contributed by atoms with Crippen LogP contribution in [-0.2, 0) is 11.2 Å². The second-order valence-electron chi connectivity index (χ2n) is 3.61. The van der Waals surface area contributed by atoms with Crippen molar-refractivity contribution >= 4 is 16.9 Å². The standard InChI is InChI=1S/C11H10N2O3/c1-6-2-3-8-7(4-6)9(5-10(14)15)13-11(16)12-8/h2-4H,5H2,1H3,(H,14,15)(H,12,13,16). The van der Waals surface area contributed by atoms with Crippen molar-refractivity contribution in [1.29, 1.82) is 0 Å². The maximum Gasteiger partial charge on any atom is 0.345 e. The third kappa shape index (κ3) is 1.93. The van der Waals surface area contributed by atoms with Crippen LogP contribution >= 0.6 is 0 Å². The Balaban J connectivity index is 2.74. The number of fused-ring (bicyclic) bond motifs is 1. The quantitative estimate of drug-likeness (QED) is 0.783. The summed E-state index contributed by atoms with van der Waals surface area (Å²) in [6.07, 6.45) is -0.211.